The third-order valence-electron chi connectivity index (χ3n) is 3.22. The van der Waals surface area contributed by atoms with Crippen LogP contribution in [-0.2, 0) is 14.8 Å². The number of carbonyl (C=O) groups excluding carboxylic acids is 1. The lowest BCUT2D eigenvalue weighted by Crippen LogP contribution is -2.42. The number of hydrogen-bond acceptors (Lipinski definition) is 3. The van der Waals surface area contributed by atoms with Gasteiger partial charge >= 0.3 is 0 Å². The molecule has 1 fully saturated rings. The molecular formula is C13H18N2O3S. The van der Waals surface area contributed by atoms with Crippen molar-refractivity contribution in [1.82, 2.24) is 4.31 Å². The zero-order valence-corrected chi connectivity index (χ0v) is 11.9. The molecule has 0 radical (unpaired) electrons. The first-order valence-electron chi connectivity index (χ1n) is 6.22. The van der Waals surface area contributed by atoms with E-state index in [0.29, 0.717) is 18.7 Å². The fraction of sp³-hybridized carbons (Fsp3) is 0.462. The van der Waals surface area contributed by atoms with Crippen molar-refractivity contribution in [2.45, 2.75) is 25.8 Å². The molecule has 19 heavy (non-hydrogen) atoms. The van der Waals surface area contributed by atoms with Gasteiger partial charge in [-0.25, -0.2) is 8.42 Å². The Bertz CT molecular complexity index is 583. The molecule has 0 aliphatic carbocycles. The number of amides is 1. The summed E-state index contributed by atoms with van der Waals surface area (Å²) in [6.45, 7) is 2.36. The largest absolute Gasteiger partial charge is 0.325 e. The van der Waals surface area contributed by atoms with E-state index in [-0.39, 0.29) is 5.91 Å². The molecule has 1 aliphatic rings. The molecule has 1 aromatic rings. The summed E-state index contributed by atoms with van der Waals surface area (Å²) in [6, 6.07) is 6.86. The third-order valence-corrected chi connectivity index (χ3v) is 4.51. The number of hydrogen-bond donors (Lipinski definition) is 1. The van der Waals surface area contributed by atoms with Crippen LogP contribution in [0.25, 0.3) is 0 Å². The van der Waals surface area contributed by atoms with Crippen LogP contribution in [0.4, 0.5) is 5.69 Å². The van der Waals surface area contributed by atoms with Gasteiger partial charge in [0.25, 0.3) is 0 Å². The number of nitrogens with one attached hydrogen (secondary N) is 1. The van der Waals surface area contributed by atoms with Crippen molar-refractivity contribution in [1.29, 1.82) is 0 Å². The summed E-state index contributed by atoms with van der Waals surface area (Å²) in [7, 11) is -3.32. The Kier molecular flexibility index (Phi) is 3.91. The van der Waals surface area contributed by atoms with Crippen LogP contribution < -0.4 is 5.32 Å². The summed E-state index contributed by atoms with van der Waals surface area (Å²) in [5.41, 5.74) is 1.74. The van der Waals surface area contributed by atoms with Gasteiger partial charge in [-0.05, 0) is 37.5 Å². The van der Waals surface area contributed by atoms with E-state index in [9.17, 15) is 13.2 Å². The Hall–Kier alpha value is -1.40. The van der Waals surface area contributed by atoms with Crippen molar-refractivity contribution < 1.29 is 13.2 Å². The van der Waals surface area contributed by atoms with E-state index < -0.39 is 16.1 Å². The quantitative estimate of drug-likeness (QED) is 0.910. The van der Waals surface area contributed by atoms with Gasteiger partial charge in [-0.2, -0.15) is 4.31 Å². The fourth-order valence-corrected chi connectivity index (χ4v) is 3.47. The lowest BCUT2D eigenvalue weighted by atomic mass is 10.2. The van der Waals surface area contributed by atoms with Gasteiger partial charge < -0.3 is 5.32 Å². The molecule has 0 spiro atoms. The summed E-state index contributed by atoms with van der Waals surface area (Å²) in [5, 5.41) is 2.78. The van der Waals surface area contributed by atoms with Gasteiger partial charge in [0, 0.05) is 12.2 Å². The van der Waals surface area contributed by atoms with Crippen molar-refractivity contribution >= 4 is 21.6 Å². The number of anilines is 1. The molecule has 0 saturated carbocycles. The van der Waals surface area contributed by atoms with Crippen molar-refractivity contribution in [3.8, 4) is 0 Å². The fourth-order valence-electron chi connectivity index (χ4n) is 2.35. The highest BCUT2D eigenvalue weighted by Gasteiger charge is 2.36. The predicted octanol–water partition coefficient (Wildman–Crippen LogP) is 1.36. The van der Waals surface area contributed by atoms with Crippen LogP contribution in [0.1, 0.15) is 18.4 Å². The highest BCUT2D eigenvalue weighted by Crippen LogP contribution is 2.22. The van der Waals surface area contributed by atoms with E-state index in [1.165, 1.54) is 4.31 Å². The SMILES string of the molecule is Cc1cccc(NC(=O)C2CCCN2S(C)(=O)=O)c1. The van der Waals surface area contributed by atoms with Gasteiger partial charge in [0.15, 0.2) is 0 Å². The number of benzene rings is 1. The van der Waals surface area contributed by atoms with Gasteiger partial charge in [-0.15, -0.1) is 0 Å². The third kappa shape index (κ3) is 3.33. The van der Waals surface area contributed by atoms with Crippen LogP contribution >= 0.6 is 0 Å². The maximum atomic E-state index is 12.2. The van der Waals surface area contributed by atoms with Crippen LogP contribution in [0.3, 0.4) is 0 Å². The van der Waals surface area contributed by atoms with E-state index >= 15 is 0 Å². The molecule has 5 nitrogen and oxygen atoms in total. The van der Waals surface area contributed by atoms with E-state index in [1.807, 2.05) is 25.1 Å². The highest BCUT2D eigenvalue weighted by molar-refractivity contribution is 7.88. The second-order valence-electron chi connectivity index (χ2n) is 4.89. The molecule has 1 amide bonds. The summed E-state index contributed by atoms with van der Waals surface area (Å²) >= 11 is 0. The number of nitrogens with zero attached hydrogens (tertiary/aromatic N) is 1. The van der Waals surface area contributed by atoms with Gasteiger partial charge in [-0.1, -0.05) is 12.1 Å². The monoisotopic (exact) mass is 282 g/mol. The molecular weight excluding hydrogens is 264 g/mol. The number of aryl methyl sites for hydroxylation is 1. The summed E-state index contributed by atoms with van der Waals surface area (Å²) in [6.07, 6.45) is 2.44. The maximum absolute atomic E-state index is 12.2. The number of sulfonamides is 1. The maximum Gasteiger partial charge on any atom is 0.242 e. The first kappa shape index (κ1) is 14.0. The average molecular weight is 282 g/mol. The Morgan fingerprint density at radius 1 is 1.42 bits per heavy atom. The minimum absolute atomic E-state index is 0.256. The minimum atomic E-state index is -3.32. The van der Waals surface area contributed by atoms with Crippen LogP contribution in [-0.4, -0.2) is 37.5 Å². The van der Waals surface area contributed by atoms with Gasteiger partial charge in [0.2, 0.25) is 15.9 Å². The Labute approximate surface area is 113 Å². The van der Waals surface area contributed by atoms with Crippen molar-refractivity contribution in [2.24, 2.45) is 0 Å². The van der Waals surface area contributed by atoms with Gasteiger partial charge in [-0.3, -0.25) is 4.79 Å². The van der Waals surface area contributed by atoms with Crippen LogP contribution in [0.15, 0.2) is 24.3 Å². The topological polar surface area (TPSA) is 66.5 Å². The van der Waals surface area contributed by atoms with E-state index in [4.69, 9.17) is 0 Å². The van der Waals surface area contributed by atoms with Crippen molar-refractivity contribution in [2.75, 3.05) is 18.1 Å². The van der Waals surface area contributed by atoms with Gasteiger partial charge in [0.05, 0.1) is 6.26 Å². The van der Waals surface area contributed by atoms with E-state index in [2.05, 4.69) is 5.32 Å². The summed E-state index contributed by atoms with van der Waals surface area (Å²) in [4.78, 5) is 12.2. The Morgan fingerprint density at radius 2 is 2.16 bits per heavy atom. The predicted molar refractivity (Wildman–Crippen MR) is 74.4 cm³/mol. The average Bonchev–Trinajstić information content (AvgIpc) is 2.77. The summed E-state index contributed by atoms with van der Waals surface area (Å²) < 4.78 is 24.5. The molecule has 1 unspecified atom stereocenters. The molecule has 1 aliphatic heterocycles. The normalized spacial score (nSPS) is 20.4. The van der Waals surface area contributed by atoms with Gasteiger partial charge in [0.1, 0.15) is 6.04 Å². The zero-order chi connectivity index (χ0) is 14.0. The first-order valence-corrected chi connectivity index (χ1v) is 8.07. The minimum Gasteiger partial charge on any atom is -0.325 e. The molecule has 0 bridgehead atoms. The van der Waals surface area contributed by atoms with Crippen molar-refractivity contribution in [3.05, 3.63) is 29.8 Å². The van der Waals surface area contributed by atoms with Crippen LogP contribution in [0, 0.1) is 6.92 Å². The Balaban J connectivity index is 2.12. The molecule has 6 heteroatoms. The highest BCUT2D eigenvalue weighted by atomic mass is 32.2. The first-order chi connectivity index (χ1) is 8.88. The molecule has 1 atom stereocenters. The van der Waals surface area contributed by atoms with Crippen LogP contribution in [0.2, 0.25) is 0 Å². The molecule has 1 saturated heterocycles. The smallest absolute Gasteiger partial charge is 0.242 e. The Morgan fingerprint density at radius 3 is 2.79 bits per heavy atom. The number of rotatable bonds is 3. The van der Waals surface area contributed by atoms with E-state index in [1.54, 1.807) is 6.07 Å². The van der Waals surface area contributed by atoms with Crippen molar-refractivity contribution in [3.63, 3.8) is 0 Å². The molecule has 1 heterocycles. The lowest BCUT2D eigenvalue weighted by Gasteiger charge is -2.21. The van der Waals surface area contributed by atoms with Crippen LogP contribution in [0.5, 0.6) is 0 Å². The molecule has 104 valence electrons. The number of carbonyl (C=O) groups is 1. The second kappa shape index (κ2) is 5.30. The lowest BCUT2D eigenvalue weighted by molar-refractivity contribution is -0.119. The molecule has 2 rings (SSSR count). The zero-order valence-electron chi connectivity index (χ0n) is 11.1. The summed E-state index contributed by atoms with van der Waals surface area (Å²) in [5.74, 6) is -0.256. The molecule has 1 aromatic carbocycles. The second-order valence-corrected chi connectivity index (χ2v) is 6.83. The molecule has 1 N–H and O–H groups in total. The standard InChI is InChI=1S/C13H18N2O3S/c1-10-5-3-6-11(9-10)14-13(16)12-7-4-8-15(12)19(2,17)18/h3,5-6,9,12H,4,7-8H2,1-2H3,(H,14,16). The molecule has 0 aromatic heterocycles. The van der Waals surface area contributed by atoms with E-state index in [0.717, 1.165) is 18.2 Å².